The molecule has 1 atom stereocenters. The summed E-state index contributed by atoms with van der Waals surface area (Å²) in [7, 11) is 0. The van der Waals surface area contributed by atoms with Crippen LogP contribution in [0.1, 0.15) is 29.2 Å². The highest BCUT2D eigenvalue weighted by molar-refractivity contribution is 6.34. The van der Waals surface area contributed by atoms with Crippen LogP contribution in [0.3, 0.4) is 0 Å². The van der Waals surface area contributed by atoms with E-state index in [4.69, 9.17) is 16.3 Å². The van der Waals surface area contributed by atoms with Gasteiger partial charge in [0.15, 0.2) is 5.82 Å². The molecule has 2 fully saturated rings. The average molecular weight is 539 g/mol. The Morgan fingerprint density at radius 1 is 1.29 bits per heavy atom. The summed E-state index contributed by atoms with van der Waals surface area (Å²) >= 11 is 6.69. The lowest BCUT2D eigenvalue weighted by Gasteiger charge is -2.28. The van der Waals surface area contributed by atoms with E-state index in [0.29, 0.717) is 28.5 Å². The number of rotatable bonds is 7. The van der Waals surface area contributed by atoms with Crippen LogP contribution < -0.4 is 20.4 Å². The first-order valence-corrected chi connectivity index (χ1v) is 12.7. The Balaban J connectivity index is 1.41. The summed E-state index contributed by atoms with van der Waals surface area (Å²) in [4.78, 5) is 31.0. The number of aromatic nitrogens is 4. The van der Waals surface area contributed by atoms with Gasteiger partial charge in [0.05, 0.1) is 40.2 Å². The van der Waals surface area contributed by atoms with Crippen molar-refractivity contribution >= 4 is 34.2 Å². The molecule has 0 saturated carbocycles. The second kappa shape index (κ2) is 9.73. The van der Waals surface area contributed by atoms with Crippen molar-refractivity contribution in [3.05, 3.63) is 75.7 Å². The van der Waals surface area contributed by atoms with Crippen LogP contribution in [0.25, 0.3) is 16.6 Å². The minimum atomic E-state index is -1.32. The molecule has 196 valence electrons. The SMILES string of the molecule is O=C(O)c1cn(-c2cnn(C3CNC3)c2)c2cc(N3CCC[C@@H]3COc3ncccc3F)c(Cl)cc2c1=O. The van der Waals surface area contributed by atoms with E-state index < -0.39 is 17.2 Å². The van der Waals surface area contributed by atoms with Crippen LogP contribution in [-0.4, -0.2) is 62.7 Å². The third-order valence-corrected chi connectivity index (χ3v) is 7.43. The second-order valence-electron chi connectivity index (χ2n) is 9.45. The van der Waals surface area contributed by atoms with Crippen molar-refractivity contribution in [2.45, 2.75) is 24.9 Å². The number of ether oxygens (including phenoxy) is 1. The molecule has 0 unspecified atom stereocenters. The molecule has 2 saturated heterocycles. The van der Waals surface area contributed by atoms with Gasteiger partial charge < -0.3 is 24.6 Å². The number of carboxylic acid groups (broad SMARTS) is 1. The monoisotopic (exact) mass is 538 g/mol. The van der Waals surface area contributed by atoms with E-state index in [-0.39, 0.29) is 35.5 Å². The molecule has 0 bridgehead atoms. The number of nitrogens with one attached hydrogen (secondary N) is 1. The first kappa shape index (κ1) is 24.4. The Morgan fingerprint density at radius 2 is 2.13 bits per heavy atom. The van der Waals surface area contributed by atoms with Crippen molar-refractivity contribution in [3.63, 3.8) is 0 Å². The van der Waals surface area contributed by atoms with E-state index in [1.165, 1.54) is 30.6 Å². The van der Waals surface area contributed by atoms with E-state index in [2.05, 4.69) is 20.3 Å². The first-order valence-electron chi connectivity index (χ1n) is 12.3. The number of pyridine rings is 2. The fourth-order valence-corrected chi connectivity index (χ4v) is 5.28. The highest BCUT2D eigenvalue weighted by Crippen LogP contribution is 2.36. The lowest BCUT2D eigenvalue weighted by molar-refractivity contribution is 0.0695. The molecule has 0 spiro atoms. The predicted molar refractivity (Wildman–Crippen MR) is 139 cm³/mol. The largest absolute Gasteiger partial charge is 0.477 e. The predicted octanol–water partition coefficient (Wildman–Crippen LogP) is 3.27. The number of aromatic carboxylic acids is 1. The summed E-state index contributed by atoms with van der Waals surface area (Å²) < 4.78 is 23.2. The normalized spacial score (nSPS) is 17.6. The van der Waals surface area contributed by atoms with Gasteiger partial charge in [-0.25, -0.2) is 14.2 Å². The van der Waals surface area contributed by atoms with Crippen LogP contribution in [0.4, 0.5) is 10.1 Å². The van der Waals surface area contributed by atoms with Crippen LogP contribution in [0.2, 0.25) is 5.02 Å². The van der Waals surface area contributed by atoms with Crippen LogP contribution in [-0.2, 0) is 0 Å². The molecule has 4 aromatic rings. The third kappa shape index (κ3) is 4.27. The zero-order valence-corrected chi connectivity index (χ0v) is 20.9. The Bertz CT molecular complexity index is 1600. The molecule has 12 heteroatoms. The van der Waals surface area contributed by atoms with E-state index in [9.17, 15) is 19.1 Å². The van der Waals surface area contributed by atoms with Crippen LogP contribution >= 0.6 is 11.6 Å². The Hall–Kier alpha value is -3.96. The van der Waals surface area contributed by atoms with Gasteiger partial charge in [-0.15, -0.1) is 0 Å². The second-order valence-corrected chi connectivity index (χ2v) is 9.86. The van der Waals surface area contributed by atoms with Gasteiger partial charge in [0.25, 0.3) is 0 Å². The van der Waals surface area contributed by atoms with E-state index in [1.807, 2.05) is 10.9 Å². The van der Waals surface area contributed by atoms with E-state index in [0.717, 1.165) is 25.9 Å². The standard InChI is InChI=1S/C26H24ClFN6O4/c27-20-7-18-22(8-23(20)32-6-2-3-15(32)14-38-25-21(28)4-1-5-30-25)33(13-19(24(18)35)26(36)37)17-11-31-34(12-17)16-9-29-10-16/h1,4-5,7-8,11-13,15-16,29H,2-3,6,9-10,14H2,(H,36,37)/t15-/m1/s1. The minimum Gasteiger partial charge on any atom is -0.477 e. The lowest BCUT2D eigenvalue weighted by Crippen LogP contribution is -2.43. The van der Waals surface area contributed by atoms with Gasteiger partial charge in [-0.05, 0) is 37.1 Å². The molecule has 10 nitrogen and oxygen atoms in total. The fourth-order valence-electron chi connectivity index (χ4n) is 5.01. The van der Waals surface area contributed by atoms with Gasteiger partial charge in [0.2, 0.25) is 11.3 Å². The minimum absolute atomic E-state index is 0.0577. The zero-order chi connectivity index (χ0) is 26.4. The number of anilines is 1. The maximum absolute atomic E-state index is 14.0. The average Bonchev–Trinajstić information content (AvgIpc) is 3.52. The topological polar surface area (TPSA) is 115 Å². The van der Waals surface area contributed by atoms with Gasteiger partial charge in [-0.2, -0.15) is 5.10 Å². The first-order chi connectivity index (χ1) is 18.4. The number of carboxylic acids is 1. The number of carbonyl (C=O) groups is 1. The molecular weight excluding hydrogens is 515 g/mol. The van der Waals surface area contributed by atoms with Crippen LogP contribution in [0, 0.1) is 5.82 Å². The number of fused-ring (bicyclic) bond motifs is 1. The summed E-state index contributed by atoms with van der Waals surface area (Å²) in [6.07, 6.45) is 7.97. The van der Waals surface area contributed by atoms with Crippen molar-refractivity contribution in [3.8, 4) is 11.6 Å². The van der Waals surface area contributed by atoms with E-state index >= 15 is 0 Å². The Morgan fingerprint density at radius 3 is 2.87 bits per heavy atom. The molecule has 3 aromatic heterocycles. The summed E-state index contributed by atoms with van der Waals surface area (Å²) in [5.74, 6) is -1.91. The molecular formula is C26H24ClFN6O4. The fraction of sp³-hybridized carbons (Fsp3) is 0.308. The molecule has 2 aliphatic heterocycles. The van der Waals surface area contributed by atoms with Crippen molar-refractivity contribution in [2.24, 2.45) is 0 Å². The molecule has 5 heterocycles. The third-order valence-electron chi connectivity index (χ3n) is 7.13. The molecule has 2 aliphatic rings. The molecule has 6 rings (SSSR count). The molecule has 1 aromatic carbocycles. The van der Waals surface area contributed by atoms with Crippen molar-refractivity contribution < 1.29 is 19.0 Å². The number of benzene rings is 1. The number of halogens is 2. The number of hydrogen-bond donors (Lipinski definition) is 2. The lowest BCUT2D eigenvalue weighted by atomic mass is 10.1. The van der Waals surface area contributed by atoms with Gasteiger partial charge in [0.1, 0.15) is 12.2 Å². The van der Waals surface area contributed by atoms with Crippen LogP contribution in [0.15, 0.2) is 53.8 Å². The summed E-state index contributed by atoms with van der Waals surface area (Å²) in [5, 5.41) is 17.9. The molecule has 0 amide bonds. The highest BCUT2D eigenvalue weighted by Gasteiger charge is 2.29. The van der Waals surface area contributed by atoms with Crippen molar-refractivity contribution in [1.29, 1.82) is 0 Å². The maximum atomic E-state index is 14.0. The summed E-state index contributed by atoms with van der Waals surface area (Å²) in [6.45, 7) is 2.49. The van der Waals surface area contributed by atoms with Gasteiger partial charge in [0, 0.05) is 43.6 Å². The Kier molecular flexibility index (Phi) is 6.24. The van der Waals surface area contributed by atoms with Gasteiger partial charge >= 0.3 is 5.97 Å². The molecule has 38 heavy (non-hydrogen) atoms. The quantitative estimate of drug-likeness (QED) is 0.368. The Labute approximate surface area is 221 Å². The van der Waals surface area contributed by atoms with E-state index in [1.54, 1.807) is 16.8 Å². The van der Waals surface area contributed by atoms with Crippen LogP contribution in [0.5, 0.6) is 5.88 Å². The highest BCUT2D eigenvalue weighted by atomic mass is 35.5. The van der Waals surface area contributed by atoms with Crippen molar-refractivity contribution in [1.82, 2.24) is 24.6 Å². The van der Waals surface area contributed by atoms with Gasteiger partial charge in [-0.1, -0.05) is 11.6 Å². The number of nitrogens with zero attached hydrogens (tertiary/aromatic N) is 5. The molecule has 0 aliphatic carbocycles. The summed E-state index contributed by atoms with van der Waals surface area (Å²) in [6, 6.07) is 6.23. The van der Waals surface area contributed by atoms with Gasteiger partial charge in [-0.3, -0.25) is 9.48 Å². The van der Waals surface area contributed by atoms with Crippen molar-refractivity contribution in [2.75, 3.05) is 31.1 Å². The maximum Gasteiger partial charge on any atom is 0.341 e. The zero-order valence-electron chi connectivity index (χ0n) is 20.2. The molecule has 2 N–H and O–H groups in total. The summed E-state index contributed by atoms with van der Waals surface area (Å²) in [5.41, 5.74) is 0.847. The number of hydrogen-bond acceptors (Lipinski definition) is 7. The smallest absolute Gasteiger partial charge is 0.341 e. The molecule has 0 radical (unpaired) electrons.